The first-order chi connectivity index (χ1) is 16.3. The molecule has 2 aliphatic heterocycles. The minimum atomic E-state index is -3.13. The Hall–Kier alpha value is -2.52. The number of aliphatic imine (C=N–C) groups is 1. The van der Waals surface area contributed by atoms with Gasteiger partial charge in [0.1, 0.15) is 5.75 Å². The van der Waals surface area contributed by atoms with Gasteiger partial charge in [0.15, 0.2) is 15.0 Å². The third-order valence-electron chi connectivity index (χ3n) is 6.39. The van der Waals surface area contributed by atoms with Crippen LogP contribution in [0.4, 0.5) is 11.4 Å². The fourth-order valence-corrected chi connectivity index (χ4v) is 8.62. The summed E-state index contributed by atoms with van der Waals surface area (Å²) in [6.45, 7) is 8.08. The maximum Gasteiger partial charge on any atom is 0.252 e. The Bertz CT molecular complexity index is 1210. The predicted octanol–water partition coefficient (Wildman–Crippen LogP) is 3.69. The van der Waals surface area contributed by atoms with Crippen LogP contribution in [0.15, 0.2) is 47.5 Å². The van der Waals surface area contributed by atoms with Crippen molar-refractivity contribution in [2.24, 2.45) is 4.99 Å². The maximum atomic E-state index is 13.0. The third kappa shape index (κ3) is 4.95. The summed E-state index contributed by atoms with van der Waals surface area (Å²) in [5.41, 5.74) is 3.83. The number of nitrogens with zero attached hydrogens (tertiary/aromatic N) is 3. The van der Waals surface area contributed by atoms with E-state index in [4.69, 9.17) is 4.74 Å². The van der Waals surface area contributed by atoms with Crippen LogP contribution >= 0.6 is 11.8 Å². The van der Waals surface area contributed by atoms with E-state index in [1.807, 2.05) is 42.2 Å². The van der Waals surface area contributed by atoms with E-state index in [2.05, 4.69) is 35.9 Å². The highest BCUT2D eigenvalue weighted by molar-refractivity contribution is 8.16. The molecule has 2 aromatic carbocycles. The van der Waals surface area contributed by atoms with E-state index in [1.165, 1.54) is 11.8 Å². The molecule has 0 N–H and O–H groups in total. The molecule has 2 heterocycles. The predicted molar refractivity (Wildman–Crippen MR) is 140 cm³/mol. The number of para-hydroxylation sites is 1. The van der Waals surface area contributed by atoms with Crippen molar-refractivity contribution >= 4 is 44.0 Å². The van der Waals surface area contributed by atoms with Crippen molar-refractivity contribution in [1.82, 2.24) is 0 Å². The molecule has 2 aromatic rings. The molecular weight excluding hydrogens is 470 g/mol. The number of fused-ring (bicyclic) bond motifs is 1. The molecule has 0 aliphatic carbocycles. The Morgan fingerprint density at radius 3 is 2.59 bits per heavy atom. The molecule has 0 bridgehead atoms. The number of aryl methyl sites for hydroxylation is 1. The van der Waals surface area contributed by atoms with E-state index in [-0.39, 0.29) is 35.1 Å². The summed E-state index contributed by atoms with van der Waals surface area (Å²) in [6, 6.07) is 13.4. The van der Waals surface area contributed by atoms with E-state index in [1.54, 1.807) is 7.11 Å². The molecule has 0 radical (unpaired) electrons. The molecule has 4 rings (SSSR count). The van der Waals surface area contributed by atoms with Gasteiger partial charge in [-0.1, -0.05) is 30.0 Å². The number of rotatable bonds is 7. The van der Waals surface area contributed by atoms with Gasteiger partial charge in [-0.3, -0.25) is 4.79 Å². The van der Waals surface area contributed by atoms with E-state index < -0.39 is 9.84 Å². The summed E-state index contributed by atoms with van der Waals surface area (Å²) in [4.78, 5) is 21.7. The highest BCUT2D eigenvalue weighted by atomic mass is 32.2. The van der Waals surface area contributed by atoms with Crippen LogP contribution in [-0.4, -0.2) is 62.5 Å². The van der Waals surface area contributed by atoms with Gasteiger partial charge in [0.05, 0.1) is 31.1 Å². The standard InChI is InChI=1S/C25H31N3O4S2/c1-5-27(6-2)19-11-12-20(17(3)13-19)28-21-15-34(30,31)16-23(21)33-25(28)26-24(29)14-18-9-7-8-10-22(18)32-4/h7-13,21,23H,5-6,14-16H2,1-4H3/t21-,23-/m0/s1. The molecule has 1 amide bonds. The largest absolute Gasteiger partial charge is 0.496 e. The van der Waals surface area contributed by atoms with E-state index in [0.29, 0.717) is 10.9 Å². The summed E-state index contributed by atoms with van der Waals surface area (Å²) < 4.78 is 30.2. The number of hydrogen-bond donors (Lipinski definition) is 0. The number of sulfone groups is 1. The van der Waals surface area contributed by atoms with Gasteiger partial charge in [0.25, 0.3) is 5.91 Å². The smallest absolute Gasteiger partial charge is 0.252 e. The number of anilines is 2. The summed E-state index contributed by atoms with van der Waals surface area (Å²) in [5, 5.41) is 0.438. The van der Waals surface area contributed by atoms with Gasteiger partial charge in [0.2, 0.25) is 0 Å². The highest BCUT2D eigenvalue weighted by Crippen LogP contribution is 2.42. The monoisotopic (exact) mass is 501 g/mol. The average molecular weight is 502 g/mol. The molecule has 2 atom stereocenters. The first kappa shape index (κ1) is 24.6. The van der Waals surface area contributed by atoms with Crippen molar-refractivity contribution in [2.75, 3.05) is 41.5 Å². The van der Waals surface area contributed by atoms with Crippen molar-refractivity contribution in [2.45, 2.75) is 38.5 Å². The Labute approximate surface area is 206 Å². The zero-order valence-corrected chi connectivity index (χ0v) is 21.7. The minimum Gasteiger partial charge on any atom is -0.496 e. The van der Waals surface area contributed by atoms with Crippen molar-refractivity contribution < 1.29 is 17.9 Å². The normalized spacial score (nSPS) is 22.1. The average Bonchev–Trinajstić information content (AvgIpc) is 3.26. The van der Waals surface area contributed by atoms with Gasteiger partial charge in [-0.2, -0.15) is 4.99 Å². The fourth-order valence-electron chi connectivity index (χ4n) is 4.70. The van der Waals surface area contributed by atoms with Gasteiger partial charge in [0, 0.05) is 35.3 Å². The van der Waals surface area contributed by atoms with Crippen LogP contribution in [-0.2, 0) is 21.1 Å². The lowest BCUT2D eigenvalue weighted by molar-refractivity contribution is -0.117. The number of methoxy groups -OCH3 is 1. The van der Waals surface area contributed by atoms with Gasteiger partial charge in [-0.25, -0.2) is 8.42 Å². The zero-order chi connectivity index (χ0) is 24.5. The summed E-state index contributed by atoms with van der Waals surface area (Å²) >= 11 is 1.40. The quantitative estimate of drug-likeness (QED) is 0.572. The number of amides is 1. The first-order valence-electron chi connectivity index (χ1n) is 11.5. The molecule has 0 aromatic heterocycles. The number of ether oxygens (including phenoxy) is 1. The molecular formula is C25H31N3O4S2. The number of benzene rings is 2. The Balaban J connectivity index is 1.68. The molecule has 2 saturated heterocycles. The fraction of sp³-hybridized carbons (Fsp3) is 0.440. The number of hydrogen-bond acceptors (Lipinski definition) is 6. The van der Waals surface area contributed by atoms with Gasteiger partial charge in [-0.15, -0.1) is 0 Å². The third-order valence-corrected chi connectivity index (χ3v) is 9.60. The lowest BCUT2D eigenvalue weighted by Gasteiger charge is -2.28. The second-order valence-corrected chi connectivity index (χ2v) is 12.0. The van der Waals surface area contributed by atoms with Crippen LogP contribution in [0, 0.1) is 6.92 Å². The van der Waals surface area contributed by atoms with Gasteiger partial charge >= 0.3 is 0 Å². The molecule has 0 unspecified atom stereocenters. The molecule has 7 nitrogen and oxygen atoms in total. The first-order valence-corrected chi connectivity index (χ1v) is 14.2. The number of thioether (sulfide) groups is 1. The van der Waals surface area contributed by atoms with Crippen LogP contribution in [0.25, 0.3) is 0 Å². The molecule has 0 saturated carbocycles. The van der Waals surface area contributed by atoms with E-state index in [0.717, 1.165) is 35.6 Å². The topological polar surface area (TPSA) is 79.3 Å². The SMILES string of the molecule is CCN(CC)c1ccc(N2C(=NC(=O)Cc3ccccc3OC)S[C@H]3CS(=O)(=O)C[C@@H]32)c(C)c1. The lowest BCUT2D eigenvalue weighted by Crippen LogP contribution is -2.38. The van der Waals surface area contributed by atoms with Crippen molar-refractivity contribution in [3.05, 3.63) is 53.6 Å². The Kier molecular flexibility index (Phi) is 7.23. The van der Waals surface area contributed by atoms with Crippen LogP contribution in [0.3, 0.4) is 0 Å². The minimum absolute atomic E-state index is 0.0711. The summed E-state index contributed by atoms with van der Waals surface area (Å²) in [5.74, 6) is 0.548. The molecule has 9 heteroatoms. The van der Waals surface area contributed by atoms with E-state index in [9.17, 15) is 13.2 Å². The number of carbonyl (C=O) groups excluding carboxylic acids is 1. The Morgan fingerprint density at radius 1 is 1.18 bits per heavy atom. The summed E-state index contributed by atoms with van der Waals surface area (Å²) in [6.07, 6.45) is 0.120. The van der Waals surface area contributed by atoms with Gasteiger partial charge < -0.3 is 14.5 Å². The molecule has 2 fully saturated rings. The second-order valence-electron chi connectivity index (χ2n) is 8.59. The van der Waals surface area contributed by atoms with Crippen molar-refractivity contribution in [1.29, 1.82) is 0 Å². The van der Waals surface area contributed by atoms with Crippen molar-refractivity contribution in [3.63, 3.8) is 0 Å². The van der Waals surface area contributed by atoms with Crippen molar-refractivity contribution in [3.8, 4) is 5.75 Å². The molecule has 34 heavy (non-hydrogen) atoms. The summed E-state index contributed by atoms with van der Waals surface area (Å²) in [7, 11) is -1.55. The number of carbonyl (C=O) groups is 1. The van der Waals surface area contributed by atoms with Crippen LogP contribution in [0.2, 0.25) is 0 Å². The number of amidine groups is 1. The lowest BCUT2D eigenvalue weighted by atomic mass is 10.1. The zero-order valence-electron chi connectivity index (χ0n) is 20.0. The van der Waals surface area contributed by atoms with Crippen LogP contribution in [0.5, 0.6) is 5.75 Å². The van der Waals surface area contributed by atoms with E-state index >= 15 is 0 Å². The van der Waals surface area contributed by atoms with Crippen LogP contribution in [0.1, 0.15) is 25.0 Å². The molecule has 2 aliphatic rings. The second kappa shape index (κ2) is 10.00. The highest BCUT2D eigenvalue weighted by Gasteiger charge is 2.49. The molecule has 0 spiro atoms. The van der Waals surface area contributed by atoms with Crippen LogP contribution < -0.4 is 14.5 Å². The molecule has 182 valence electrons. The van der Waals surface area contributed by atoms with Gasteiger partial charge in [-0.05, 0) is 50.6 Å². The Morgan fingerprint density at radius 2 is 1.91 bits per heavy atom. The maximum absolute atomic E-state index is 13.0.